The lowest BCUT2D eigenvalue weighted by Crippen LogP contribution is -2.12. The van der Waals surface area contributed by atoms with Crippen molar-refractivity contribution in [2.75, 3.05) is 6.54 Å². The van der Waals surface area contributed by atoms with Crippen LogP contribution in [0, 0.1) is 0 Å². The third-order valence-electron chi connectivity index (χ3n) is 3.58. The number of furan rings is 1. The summed E-state index contributed by atoms with van der Waals surface area (Å²) in [6.45, 7) is 0.746. The van der Waals surface area contributed by atoms with Crippen LogP contribution >= 0.6 is 11.8 Å². The minimum absolute atomic E-state index is 0.710. The number of nitrogens with two attached hydrogens (primary N) is 1. The Morgan fingerprint density at radius 1 is 1.33 bits per heavy atom. The average molecular weight is 223 g/mol. The zero-order valence-electron chi connectivity index (χ0n) is 8.92. The van der Waals surface area contributed by atoms with Crippen LogP contribution in [0.1, 0.15) is 47.8 Å². The van der Waals surface area contributed by atoms with E-state index in [1.54, 1.807) is 0 Å². The summed E-state index contributed by atoms with van der Waals surface area (Å²) in [5.41, 5.74) is 8.63. The summed E-state index contributed by atoms with van der Waals surface area (Å²) in [6.07, 6.45) is 5.01. The van der Waals surface area contributed by atoms with E-state index >= 15 is 0 Å². The quantitative estimate of drug-likeness (QED) is 0.856. The highest BCUT2D eigenvalue weighted by Gasteiger charge is 2.30. The fourth-order valence-electron chi connectivity index (χ4n) is 2.52. The minimum Gasteiger partial charge on any atom is -0.464 e. The standard InChI is InChI=1S/C12H17NOS/c13-5-4-9-10-6-15-7-11(10)14-12(9)8-2-1-3-8/h8H,1-7,13H2. The molecule has 1 aromatic heterocycles. The van der Waals surface area contributed by atoms with Gasteiger partial charge in [-0.15, -0.1) is 11.8 Å². The third-order valence-corrected chi connectivity index (χ3v) is 4.54. The van der Waals surface area contributed by atoms with Gasteiger partial charge in [0.1, 0.15) is 11.5 Å². The lowest BCUT2D eigenvalue weighted by atomic mass is 9.81. The Kier molecular flexibility index (Phi) is 2.53. The second-order valence-electron chi connectivity index (χ2n) is 4.51. The summed E-state index contributed by atoms with van der Waals surface area (Å²) in [5.74, 6) is 5.45. The van der Waals surface area contributed by atoms with Crippen molar-refractivity contribution in [1.82, 2.24) is 0 Å². The van der Waals surface area contributed by atoms with Crippen molar-refractivity contribution in [3.8, 4) is 0 Å². The van der Waals surface area contributed by atoms with Gasteiger partial charge in [-0.25, -0.2) is 0 Å². The second-order valence-corrected chi connectivity index (χ2v) is 5.49. The monoisotopic (exact) mass is 223 g/mol. The zero-order chi connectivity index (χ0) is 10.3. The van der Waals surface area contributed by atoms with Crippen molar-refractivity contribution in [2.45, 2.75) is 43.1 Å². The molecule has 3 heteroatoms. The van der Waals surface area contributed by atoms with Crippen LogP contribution in [0.2, 0.25) is 0 Å². The topological polar surface area (TPSA) is 39.2 Å². The highest BCUT2D eigenvalue weighted by molar-refractivity contribution is 7.98. The van der Waals surface area contributed by atoms with Crippen LogP contribution in [0.25, 0.3) is 0 Å². The molecule has 0 atom stereocenters. The second kappa shape index (κ2) is 3.87. The largest absolute Gasteiger partial charge is 0.464 e. The molecule has 2 heterocycles. The van der Waals surface area contributed by atoms with Gasteiger partial charge in [0.25, 0.3) is 0 Å². The number of rotatable bonds is 3. The first kappa shape index (κ1) is 9.79. The number of thioether (sulfide) groups is 1. The number of hydrogen-bond donors (Lipinski definition) is 1. The number of hydrogen-bond acceptors (Lipinski definition) is 3. The first-order valence-corrected chi connectivity index (χ1v) is 6.96. The Morgan fingerprint density at radius 2 is 2.20 bits per heavy atom. The van der Waals surface area contributed by atoms with E-state index in [4.69, 9.17) is 10.2 Å². The average Bonchev–Trinajstić information content (AvgIpc) is 2.67. The Labute approximate surface area is 94.6 Å². The summed E-state index contributed by atoms with van der Waals surface area (Å²) in [4.78, 5) is 0. The highest BCUT2D eigenvalue weighted by atomic mass is 32.2. The molecule has 1 aromatic rings. The van der Waals surface area contributed by atoms with Gasteiger partial charge >= 0.3 is 0 Å². The van der Waals surface area contributed by atoms with Crippen LogP contribution in [0.15, 0.2) is 4.42 Å². The van der Waals surface area contributed by atoms with Gasteiger partial charge in [-0.2, -0.15) is 0 Å². The molecule has 0 bridgehead atoms. The van der Waals surface area contributed by atoms with Gasteiger partial charge in [-0.1, -0.05) is 6.42 Å². The Balaban J connectivity index is 1.97. The van der Waals surface area contributed by atoms with E-state index in [9.17, 15) is 0 Å². The molecule has 15 heavy (non-hydrogen) atoms. The molecule has 0 unspecified atom stereocenters. The molecule has 0 aromatic carbocycles. The molecule has 2 nitrogen and oxygen atoms in total. The third kappa shape index (κ3) is 1.53. The molecular formula is C12H17NOS. The van der Waals surface area contributed by atoms with Crippen molar-refractivity contribution in [1.29, 1.82) is 0 Å². The first-order valence-electron chi connectivity index (χ1n) is 5.81. The molecule has 0 spiro atoms. The van der Waals surface area contributed by atoms with Crippen molar-refractivity contribution < 1.29 is 4.42 Å². The van der Waals surface area contributed by atoms with E-state index in [2.05, 4.69) is 0 Å². The van der Waals surface area contributed by atoms with E-state index in [0.717, 1.165) is 24.5 Å². The molecule has 0 radical (unpaired) electrons. The lowest BCUT2D eigenvalue weighted by molar-refractivity contribution is 0.336. The fraction of sp³-hybridized carbons (Fsp3) is 0.667. The summed E-state index contributed by atoms with van der Waals surface area (Å²) in [5, 5.41) is 0. The highest BCUT2D eigenvalue weighted by Crippen LogP contribution is 2.44. The van der Waals surface area contributed by atoms with Gasteiger partial charge in [0.2, 0.25) is 0 Å². The van der Waals surface area contributed by atoms with Crippen molar-refractivity contribution in [3.63, 3.8) is 0 Å². The molecule has 0 amide bonds. The molecule has 1 fully saturated rings. The van der Waals surface area contributed by atoms with Crippen molar-refractivity contribution in [2.24, 2.45) is 5.73 Å². The SMILES string of the molecule is NCCc1c(C2CCC2)oc2c1CSC2. The molecular weight excluding hydrogens is 206 g/mol. The van der Waals surface area contributed by atoms with E-state index in [1.165, 1.54) is 41.9 Å². The molecule has 0 saturated heterocycles. The molecule has 1 saturated carbocycles. The number of fused-ring (bicyclic) bond motifs is 1. The minimum atomic E-state index is 0.710. The normalized spacial score (nSPS) is 20.3. The van der Waals surface area contributed by atoms with Crippen LogP contribution in [0.4, 0.5) is 0 Å². The summed E-state index contributed by atoms with van der Waals surface area (Å²) in [6, 6.07) is 0. The van der Waals surface area contributed by atoms with Crippen molar-refractivity contribution in [3.05, 3.63) is 22.6 Å². The lowest BCUT2D eigenvalue weighted by Gasteiger charge is -2.24. The molecule has 2 aliphatic rings. The van der Waals surface area contributed by atoms with Crippen LogP contribution < -0.4 is 5.73 Å². The molecule has 82 valence electrons. The van der Waals surface area contributed by atoms with Gasteiger partial charge in [-0.3, -0.25) is 0 Å². The smallest absolute Gasteiger partial charge is 0.118 e. The summed E-state index contributed by atoms with van der Waals surface area (Å²) >= 11 is 1.96. The first-order chi connectivity index (χ1) is 7.40. The maximum absolute atomic E-state index is 6.04. The summed E-state index contributed by atoms with van der Waals surface area (Å²) < 4.78 is 6.04. The van der Waals surface area contributed by atoms with E-state index in [0.29, 0.717) is 5.92 Å². The Bertz CT molecular complexity index is 368. The summed E-state index contributed by atoms with van der Waals surface area (Å²) in [7, 11) is 0. The molecule has 1 aliphatic carbocycles. The Hall–Kier alpha value is -0.410. The van der Waals surface area contributed by atoms with Crippen LogP contribution in [-0.2, 0) is 17.9 Å². The van der Waals surface area contributed by atoms with Crippen LogP contribution in [-0.4, -0.2) is 6.54 Å². The van der Waals surface area contributed by atoms with Gasteiger partial charge in [0.05, 0.1) is 5.75 Å². The maximum Gasteiger partial charge on any atom is 0.118 e. The molecule has 3 rings (SSSR count). The van der Waals surface area contributed by atoms with E-state index in [1.807, 2.05) is 11.8 Å². The maximum atomic E-state index is 6.04. The molecule has 1 aliphatic heterocycles. The van der Waals surface area contributed by atoms with Crippen LogP contribution in [0.3, 0.4) is 0 Å². The zero-order valence-corrected chi connectivity index (χ0v) is 9.74. The van der Waals surface area contributed by atoms with Crippen LogP contribution in [0.5, 0.6) is 0 Å². The van der Waals surface area contributed by atoms with Gasteiger partial charge in [0.15, 0.2) is 0 Å². The van der Waals surface area contributed by atoms with Gasteiger partial charge < -0.3 is 10.2 Å². The predicted molar refractivity (Wildman–Crippen MR) is 63.1 cm³/mol. The predicted octanol–water partition coefficient (Wildman–Crippen LogP) is 2.80. The van der Waals surface area contributed by atoms with E-state index < -0.39 is 0 Å². The van der Waals surface area contributed by atoms with Gasteiger partial charge in [-0.05, 0) is 31.4 Å². The van der Waals surface area contributed by atoms with E-state index in [-0.39, 0.29) is 0 Å². The van der Waals surface area contributed by atoms with Crippen molar-refractivity contribution >= 4 is 11.8 Å². The molecule has 2 N–H and O–H groups in total. The Morgan fingerprint density at radius 3 is 2.87 bits per heavy atom. The fourth-order valence-corrected chi connectivity index (χ4v) is 3.58. The van der Waals surface area contributed by atoms with Gasteiger partial charge in [0, 0.05) is 17.2 Å².